The van der Waals surface area contributed by atoms with Crippen molar-refractivity contribution in [1.82, 2.24) is 5.32 Å². The molecule has 3 saturated carbocycles. The Bertz CT molecular complexity index is 918. The average Bonchev–Trinajstić information content (AvgIpc) is 2.94. The summed E-state index contributed by atoms with van der Waals surface area (Å²) in [5.74, 6) is 2.75. The van der Waals surface area contributed by atoms with Gasteiger partial charge in [0, 0.05) is 27.4 Å². The van der Waals surface area contributed by atoms with Crippen LogP contribution in [-0.2, 0) is 23.8 Å². The van der Waals surface area contributed by atoms with Crippen LogP contribution in [0.1, 0.15) is 111 Å². The molecule has 1 heterocycles. The molecule has 44 heavy (non-hydrogen) atoms. The molecule has 9 heteroatoms. The van der Waals surface area contributed by atoms with Gasteiger partial charge < -0.3 is 35.5 Å². The molecule has 4 aliphatic rings. The minimum absolute atomic E-state index is 0.0175. The highest BCUT2D eigenvalue weighted by atomic mass is 16.6. The summed E-state index contributed by atoms with van der Waals surface area (Å²) in [5.41, 5.74) is 6.28. The fourth-order valence-corrected chi connectivity index (χ4v) is 9.82. The van der Waals surface area contributed by atoms with E-state index in [1.54, 1.807) is 7.11 Å². The predicted molar refractivity (Wildman–Crippen MR) is 169 cm³/mol. The maximum absolute atomic E-state index is 12.4. The number of aliphatic hydroxyl groups excluding tert-OH is 2. The van der Waals surface area contributed by atoms with Gasteiger partial charge in [-0.05, 0) is 125 Å². The summed E-state index contributed by atoms with van der Waals surface area (Å²) >= 11 is 0. The zero-order valence-electron chi connectivity index (χ0n) is 28.0. The van der Waals surface area contributed by atoms with Gasteiger partial charge in [-0.15, -0.1) is 0 Å². The molecule has 0 amide bonds. The molecule has 0 aromatic carbocycles. The summed E-state index contributed by atoms with van der Waals surface area (Å²) in [4.78, 5) is 24.8. The van der Waals surface area contributed by atoms with Crippen LogP contribution in [0.5, 0.6) is 0 Å². The minimum atomic E-state index is -0.496. The Hall–Kier alpha value is -1.26. The fourth-order valence-electron chi connectivity index (χ4n) is 9.82. The molecule has 13 atom stereocenters. The quantitative estimate of drug-likeness (QED) is 0.244. The first kappa shape index (κ1) is 35.6. The van der Waals surface area contributed by atoms with Gasteiger partial charge in [-0.3, -0.25) is 9.59 Å². The molecule has 4 rings (SSSR count). The molecule has 0 spiro atoms. The van der Waals surface area contributed by atoms with Crippen LogP contribution < -0.4 is 11.1 Å². The number of nitrogens with two attached hydrogens (primary N) is 1. The zero-order chi connectivity index (χ0) is 32.0. The van der Waals surface area contributed by atoms with Gasteiger partial charge in [-0.1, -0.05) is 20.3 Å². The number of piperidine rings is 1. The monoisotopic (exact) mass is 622 g/mol. The van der Waals surface area contributed by atoms with Crippen LogP contribution in [0.15, 0.2) is 0 Å². The number of rotatable bonds is 11. The van der Waals surface area contributed by atoms with E-state index in [2.05, 4.69) is 19.2 Å². The molecule has 2 bridgehead atoms. The molecule has 5 N–H and O–H groups in total. The molecule has 0 radical (unpaired) electrons. The normalized spacial score (nSPS) is 39.5. The maximum Gasteiger partial charge on any atom is 0.302 e. The lowest BCUT2D eigenvalue weighted by Crippen LogP contribution is -2.49. The summed E-state index contributed by atoms with van der Waals surface area (Å²) in [5, 5.41) is 25.3. The third kappa shape index (κ3) is 9.87. The van der Waals surface area contributed by atoms with Crippen LogP contribution in [0.3, 0.4) is 0 Å². The van der Waals surface area contributed by atoms with E-state index < -0.39 is 24.4 Å². The van der Waals surface area contributed by atoms with Gasteiger partial charge in [0.15, 0.2) is 0 Å². The summed E-state index contributed by atoms with van der Waals surface area (Å²) < 4.78 is 17.7. The number of carbonyl (C=O) groups excluding carboxylic acids is 2. The first-order chi connectivity index (χ1) is 20.9. The Morgan fingerprint density at radius 1 is 0.909 bits per heavy atom. The third-order valence-electron chi connectivity index (χ3n) is 11.8. The molecule has 3 aliphatic carbocycles. The van der Waals surface area contributed by atoms with E-state index in [0.29, 0.717) is 67.1 Å². The van der Waals surface area contributed by atoms with Crippen molar-refractivity contribution in [3.63, 3.8) is 0 Å². The van der Waals surface area contributed by atoms with Crippen LogP contribution >= 0.6 is 0 Å². The Balaban J connectivity index is 1.50. The summed E-state index contributed by atoms with van der Waals surface area (Å²) in [6.07, 6.45) is 9.18. The number of nitrogens with one attached hydrogen (secondary N) is 1. The number of methoxy groups -OCH3 is 1. The van der Waals surface area contributed by atoms with Gasteiger partial charge in [-0.2, -0.15) is 0 Å². The number of hydrogen-bond acceptors (Lipinski definition) is 9. The van der Waals surface area contributed by atoms with Crippen LogP contribution in [-0.4, -0.2) is 72.5 Å². The first-order valence-electron chi connectivity index (χ1n) is 17.7. The SMILES string of the molecule is COC1CC(CC[C@H](C[C@@H](OC(C)=O)C2C[C@H](O)C[C@H]3CC[C@@H](C(C)C)[C@H](C2)C3)OC(C)=O)C(C2CCNC(N)C2)CC1O. The lowest BCUT2D eigenvalue weighted by atomic mass is 9.63. The predicted octanol–water partition coefficient (Wildman–Crippen LogP) is 4.56. The Morgan fingerprint density at radius 3 is 2.32 bits per heavy atom. The molecule has 254 valence electrons. The summed E-state index contributed by atoms with van der Waals surface area (Å²) in [7, 11) is 1.67. The lowest BCUT2D eigenvalue weighted by molar-refractivity contribution is -0.158. The zero-order valence-corrected chi connectivity index (χ0v) is 28.0. The van der Waals surface area contributed by atoms with Gasteiger partial charge in [0.05, 0.1) is 24.5 Å². The van der Waals surface area contributed by atoms with E-state index in [-0.39, 0.29) is 30.1 Å². The largest absolute Gasteiger partial charge is 0.462 e. The molecule has 1 aliphatic heterocycles. The van der Waals surface area contributed by atoms with Gasteiger partial charge >= 0.3 is 11.9 Å². The standard InChI is InChI=1S/C35H62N2O7/c1-20(2)30-9-6-23-12-26(30)14-27(15-28(40)13-23)33(44-22(4)39)18-29(43-21(3)38)8-7-24-16-34(42-5)32(41)19-31(24)25-10-11-37-35(36)17-25/h20,23-35,37,40-41H,6-19,36H2,1-5H3/t23-,24?,25?,26-,27?,28+,29+,30-,31?,32?,33+,34?,35?/m0/s1. The molecular weight excluding hydrogens is 560 g/mol. The van der Waals surface area contributed by atoms with Crippen molar-refractivity contribution in [3.05, 3.63) is 0 Å². The van der Waals surface area contributed by atoms with Crippen molar-refractivity contribution >= 4 is 11.9 Å². The molecule has 9 nitrogen and oxygen atoms in total. The van der Waals surface area contributed by atoms with E-state index in [9.17, 15) is 19.8 Å². The molecular formula is C35H62N2O7. The smallest absolute Gasteiger partial charge is 0.302 e. The maximum atomic E-state index is 12.4. The Labute approximate surface area is 265 Å². The van der Waals surface area contributed by atoms with Crippen LogP contribution in [0.4, 0.5) is 0 Å². The van der Waals surface area contributed by atoms with Gasteiger partial charge in [0.25, 0.3) is 0 Å². The third-order valence-corrected chi connectivity index (χ3v) is 11.8. The number of carbonyl (C=O) groups is 2. The average molecular weight is 623 g/mol. The van der Waals surface area contributed by atoms with Crippen LogP contribution in [0.2, 0.25) is 0 Å². The summed E-state index contributed by atoms with van der Waals surface area (Å²) in [6, 6.07) is 0. The fraction of sp³-hybridized carbons (Fsp3) is 0.943. The number of aliphatic hydroxyl groups is 2. The summed E-state index contributed by atoms with van der Waals surface area (Å²) in [6.45, 7) is 8.41. The van der Waals surface area contributed by atoms with Crippen molar-refractivity contribution < 1.29 is 34.0 Å². The van der Waals surface area contributed by atoms with Gasteiger partial charge in [0.2, 0.25) is 0 Å². The first-order valence-corrected chi connectivity index (χ1v) is 17.7. The molecule has 0 aromatic heterocycles. The van der Waals surface area contributed by atoms with E-state index in [1.807, 2.05) is 0 Å². The van der Waals surface area contributed by atoms with Crippen molar-refractivity contribution in [3.8, 4) is 0 Å². The lowest BCUT2D eigenvalue weighted by Gasteiger charge is -2.45. The van der Waals surface area contributed by atoms with E-state index in [0.717, 1.165) is 51.5 Å². The second-order valence-electron chi connectivity index (χ2n) is 15.2. The topological polar surface area (TPSA) is 140 Å². The number of ether oxygens (including phenoxy) is 3. The molecule has 4 fully saturated rings. The highest BCUT2D eigenvalue weighted by Crippen LogP contribution is 2.47. The van der Waals surface area contributed by atoms with E-state index >= 15 is 0 Å². The molecule has 0 aromatic rings. The molecule has 7 unspecified atom stereocenters. The van der Waals surface area contributed by atoms with E-state index in [1.165, 1.54) is 26.7 Å². The van der Waals surface area contributed by atoms with Crippen molar-refractivity contribution in [2.75, 3.05) is 13.7 Å². The van der Waals surface area contributed by atoms with Crippen LogP contribution in [0, 0.1) is 47.3 Å². The van der Waals surface area contributed by atoms with Gasteiger partial charge in [-0.25, -0.2) is 0 Å². The highest BCUT2D eigenvalue weighted by Gasteiger charge is 2.43. The van der Waals surface area contributed by atoms with Gasteiger partial charge in [0.1, 0.15) is 12.2 Å². The number of hydrogen-bond donors (Lipinski definition) is 4. The van der Waals surface area contributed by atoms with Crippen molar-refractivity contribution in [2.45, 2.75) is 148 Å². The Morgan fingerprint density at radius 2 is 1.66 bits per heavy atom. The highest BCUT2D eigenvalue weighted by molar-refractivity contribution is 5.66. The second-order valence-corrected chi connectivity index (χ2v) is 15.2. The van der Waals surface area contributed by atoms with E-state index in [4.69, 9.17) is 19.9 Å². The van der Waals surface area contributed by atoms with Crippen LogP contribution in [0.25, 0.3) is 0 Å². The second kappa shape index (κ2) is 16.5. The van der Waals surface area contributed by atoms with Crippen molar-refractivity contribution in [2.24, 2.45) is 53.1 Å². The van der Waals surface area contributed by atoms with Crippen molar-refractivity contribution in [1.29, 1.82) is 0 Å². The molecule has 1 saturated heterocycles. The Kier molecular flexibility index (Phi) is 13.4. The minimum Gasteiger partial charge on any atom is -0.462 e. The number of esters is 2. The number of fused-ring (bicyclic) bond motifs is 2.